The largest absolute Gasteiger partial charge is 0.525 e. The minimum atomic E-state index is -1.04. The number of allylic oxidation sites excluding steroid dienone is 1. The van der Waals surface area contributed by atoms with Crippen molar-refractivity contribution in [3.63, 3.8) is 0 Å². The second-order valence-electron chi connectivity index (χ2n) is 8.31. The summed E-state index contributed by atoms with van der Waals surface area (Å²) in [5.41, 5.74) is -1.25. The quantitative estimate of drug-likeness (QED) is 0.793. The van der Waals surface area contributed by atoms with Crippen molar-refractivity contribution in [2.45, 2.75) is 52.2 Å². The topological polar surface area (TPSA) is 59.0 Å². The summed E-state index contributed by atoms with van der Waals surface area (Å²) in [5, 5.41) is 9.24. The molecule has 0 bridgehead atoms. The van der Waals surface area contributed by atoms with Crippen molar-refractivity contribution in [3.8, 4) is 0 Å². The van der Waals surface area contributed by atoms with E-state index in [2.05, 4.69) is 0 Å². The van der Waals surface area contributed by atoms with Crippen molar-refractivity contribution in [3.05, 3.63) is 27.6 Å². The number of aliphatic hydroxyl groups is 1. The molecule has 0 aromatic carbocycles. The Morgan fingerprint density at radius 3 is 2.44 bits per heavy atom. The smallest absolute Gasteiger partial charge is 0.398 e. The Morgan fingerprint density at radius 2 is 1.89 bits per heavy atom. The molecule has 1 amide bonds. The highest BCUT2D eigenvalue weighted by molar-refractivity contribution is 7.15. The van der Waals surface area contributed by atoms with E-state index in [1.165, 1.54) is 11.3 Å². The summed E-state index contributed by atoms with van der Waals surface area (Å²) in [5.74, 6) is 0.0851. The Kier molecular flexibility index (Phi) is 5.56. The third kappa shape index (κ3) is 3.85. The van der Waals surface area contributed by atoms with E-state index < -0.39 is 24.0 Å². The van der Waals surface area contributed by atoms with E-state index in [9.17, 15) is 14.3 Å². The number of hydrogen-bond acceptors (Lipinski definition) is 5. The monoisotopic (exact) mass is 395 g/mol. The fraction of sp³-hybridized carbons (Fsp3) is 0.632. The standard InChI is InChI=1S/C19H27BFNO4S/c1-12(16(21)20-25-18(2,3)19(4,5)26-20)14-6-7-15(27-14)17(24)22-9-8-13(10-22)11-23/h6-7,13,23H,8-11H2,1-5H3. The van der Waals surface area contributed by atoms with Crippen molar-refractivity contribution < 1.29 is 23.6 Å². The average molecular weight is 395 g/mol. The number of halogens is 1. The summed E-state index contributed by atoms with van der Waals surface area (Å²) in [6.45, 7) is 10.5. The van der Waals surface area contributed by atoms with E-state index in [-0.39, 0.29) is 18.4 Å². The van der Waals surface area contributed by atoms with Gasteiger partial charge in [-0.15, -0.1) is 11.3 Å². The molecule has 2 saturated heterocycles. The van der Waals surface area contributed by atoms with E-state index in [0.717, 1.165) is 6.42 Å². The second-order valence-corrected chi connectivity index (χ2v) is 9.40. The molecular formula is C19H27BFNO4S. The molecule has 2 aliphatic rings. The molecular weight excluding hydrogens is 368 g/mol. The van der Waals surface area contributed by atoms with Crippen LogP contribution in [0.3, 0.4) is 0 Å². The van der Waals surface area contributed by atoms with Crippen LogP contribution in [-0.2, 0) is 9.31 Å². The summed E-state index contributed by atoms with van der Waals surface area (Å²) in [6, 6.07) is 3.49. The minimum absolute atomic E-state index is 0.0639. The predicted octanol–water partition coefficient (Wildman–Crippen LogP) is 3.53. The average Bonchev–Trinajstić information content (AvgIpc) is 3.31. The summed E-state index contributed by atoms with van der Waals surface area (Å²) in [4.78, 5) is 15.6. The summed E-state index contributed by atoms with van der Waals surface area (Å²) in [7, 11) is -1.04. The molecule has 0 saturated carbocycles. The molecule has 3 rings (SSSR count). The molecule has 2 fully saturated rings. The molecule has 2 aliphatic heterocycles. The van der Waals surface area contributed by atoms with Gasteiger partial charge >= 0.3 is 7.12 Å². The molecule has 1 aromatic rings. The number of hydrogen-bond donors (Lipinski definition) is 1. The van der Waals surface area contributed by atoms with Crippen LogP contribution in [0.4, 0.5) is 4.39 Å². The van der Waals surface area contributed by atoms with Gasteiger partial charge in [-0.05, 0) is 58.7 Å². The van der Waals surface area contributed by atoms with Gasteiger partial charge in [0.1, 0.15) is 5.73 Å². The van der Waals surface area contributed by atoms with E-state index >= 15 is 0 Å². The zero-order valence-corrected chi connectivity index (χ0v) is 17.4. The Labute approximate surface area is 164 Å². The summed E-state index contributed by atoms with van der Waals surface area (Å²) in [6.07, 6.45) is 0.815. The lowest BCUT2D eigenvalue weighted by Gasteiger charge is -2.32. The lowest BCUT2D eigenvalue weighted by Crippen LogP contribution is -2.41. The van der Waals surface area contributed by atoms with Crippen LogP contribution in [0.1, 0.15) is 55.6 Å². The Balaban J connectivity index is 1.76. The van der Waals surface area contributed by atoms with Gasteiger partial charge in [-0.3, -0.25) is 4.79 Å². The van der Waals surface area contributed by atoms with Crippen LogP contribution < -0.4 is 0 Å². The fourth-order valence-corrected chi connectivity index (χ4v) is 4.19. The molecule has 0 aliphatic carbocycles. The second kappa shape index (κ2) is 7.31. The Morgan fingerprint density at radius 1 is 1.30 bits per heavy atom. The van der Waals surface area contributed by atoms with E-state index in [0.29, 0.717) is 28.4 Å². The SMILES string of the molecule is CC(=C(F)B1OC(C)(C)C(C)(C)O1)c1ccc(C(=O)N2CCC(CO)C2)s1. The number of rotatable bonds is 4. The van der Waals surface area contributed by atoms with Gasteiger partial charge in [-0.25, -0.2) is 4.39 Å². The molecule has 27 heavy (non-hydrogen) atoms. The molecule has 8 heteroatoms. The summed E-state index contributed by atoms with van der Waals surface area (Å²) < 4.78 is 26.6. The molecule has 1 aromatic heterocycles. The number of aliphatic hydroxyl groups excluding tert-OH is 1. The molecule has 1 unspecified atom stereocenters. The van der Waals surface area contributed by atoms with Gasteiger partial charge in [0.15, 0.2) is 0 Å². The van der Waals surface area contributed by atoms with Crippen molar-refractivity contribution in [1.82, 2.24) is 4.90 Å². The highest BCUT2D eigenvalue weighted by Crippen LogP contribution is 2.40. The number of likely N-dealkylation sites (tertiary alicyclic amines) is 1. The maximum absolute atomic E-state index is 15.0. The molecule has 148 valence electrons. The maximum Gasteiger partial charge on any atom is 0.525 e. The van der Waals surface area contributed by atoms with Crippen molar-refractivity contribution in [2.24, 2.45) is 5.92 Å². The van der Waals surface area contributed by atoms with Crippen LogP contribution in [-0.4, -0.2) is 53.9 Å². The van der Waals surface area contributed by atoms with Gasteiger partial charge in [-0.2, -0.15) is 0 Å². The van der Waals surface area contributed by atoms with Crippen LogP contribution in [0, 0.1) is 5.92 Å². The van der Waals surface area contributed by atoms with E-state index in [4.69, 9.17) is 9.31 Å². The highest BCUT2D eigenvalue weighted by Gasteiger charge is 2.53. The maximum atomic E-state index is 15.0. The van der Waals surface area contributed by atoms with Gasteiger partial charge in [0.2, 0.25) is 0 Å². The normalized spacial score (nSPS) is 25.1. The van der Waals surface area contributed by atoms with Crippen LogP contribution in [0.2, 0.25) is 0 Å². The van der Waals surface area contributed by atoms with Gasteiger partial charge in [-0.1, -0.05) is 0 Å². The molecule has 3 heterocycles. The number of carbonyl (C=O) groups excluding carboxylic acids is 1. The predicted molar refractivity (Wildman–Crippen MR) is 105 cm³/mol. The van der Waals surface area contributed by atoms with Crippen molar-refractivity contribution >= 4 is 29.9 Å². The summed E-state index contributed by atoms with van der Waals surface area (Å²) >= 11 is 1.27. The van der Waals surface area contributed by atoms with Crippen LogP contribution >= 0.6 is 11.3 Å². The lowest BCUT2D eigenvalue weighted by molar-refractivity contribution is 0.00578. The third-order valence-electron chi connectivity index (χ3n) is 5.84. The first kappa shape index (κ1) is 20.5. The number of amides is 1. The molecule has 5 nitrogen and oxygen atoms in total. The van der Waals surface area contributed by atoms with E-state index in [1.54, 1.807) is 24.0 Å². The molecule has 0 radical (unpaired) electrons. The fourth-order valence-electron chi connectivity index (χ4n) is 3.22. The van der Waals surface area contributed by atoms with Crippen LogP contribution in [0.25, 0.3) is 5.57 Å². The molecule has 1 N–H and O–H groups in total. The third-order valence-corrected chi connectivity index (χ3v) is 7.03. The Hall–Kier alpha value is -1.22. The van der Waals surface area contributed by atoms with E-state index in [1.807, 2.05) is 27.7 Å². The first-order chi connectivity index (χ1) is 12.6. The van der Waals surface area contributed by atoms with Crippen molar-refractivity contribution in [1.29, 1.82) is 0 Å². The highest BCUT2D eigenvalue weighted by atomic mass is 32.1. The van der Waals surface area contributed by atoms with Crippen molar-refractivity contribution in [2.75, 3.05) is 19.7 Å². The zero-order chi connectivity index (χ0) is 20.0. The van der Waals surface area contributed by atoms with Gasteiger partial charge in [0.05, 0.1) is 16.1 Å². The zero-order valence-electron chi connectivity index (χ0n) is 16.5. The first-order valence-electron chi connectivity index (χ1n) is 9.28. The number of thiophene rings is 1. The first-order valence-corrected chi connectivity index (χ1v) is 10.1. The lowest BCUT2D eigenvalue weighted by atomic mass is 9.84. The van der Waals surface area contributed by atoms with Gasteiger partial charge in [0, 0.05) is 30.5 Å². The number of carbonyl (C=O) groups is 1. The van der Waals surface area contributed by atoms with Crippen LogP contribution in [0.5, 0.6) is 0 Å². The van der Waals surface area contributed by atoms with Crippen LogP contribution in [0.15, 0.2) is 17.9 Å². The molecule has 1 atom stereocenters. The molecule has 0 spiro atoms. The van der Waals surface area contributed by atoms with Gasteiger partial charge < -0.3 is 19.3 Å². The minimum Gasteiger partial charge on any atom is -0.398 e. The number of nitrogens with zero attached hydrogens (tertiary/aromatic N) is 1. The van der Waals surface area contributed by atoms with Gasteiger partial charge in [0.25, 0.3) is 5.91 Å². The Bertz CT molecular complexity index is 745.